The summed E-state index contributed by atoms with van der Waals surface area (Å²) in [7, 11) is 1.59. The van der Waals surface area contributed by atoms with E-state index < -0.39 is 5.41 Å². The fourth-order valence-corrected chi connectivity index (χ4v) is 3.76. The van der Waals surface area contributed by atoms with E-state index in [9.17, 15) is 14.7 Å². The van der Waals surface area contributed by atoms with Crippen LogP contribution in [-0.2, 0) is 11.3 Å². The second kappa shape index (κ2) is 8.03. The molecule has 3 rings (SSSR count). The molecule has 1 aliphatic carbocycles. The predicted molar refractivity (Wildman–Crippen MR) is 108 cm³/mol. The number of hydrogen-bond acceptors (Lipinski definition) is 5. The van der Waals surface area contributed by atoms with Gasteiger partial charge in [0.1, 0.15) is 18.0 Å². The molecule has 0 aliphatic heterocycles. The zero-order valence-electron chi connectivity index (χ0n) is 17.2. The van der Waals surface area contributed by atoms with Crippen LogP contribution in [0.15, 0.2) is 18.2 Å². The first-order valence-electron chi connectivity index (χ1n) is 9.97. The Kier molecular flexibility index (Phi) is 5.89. The highest BCUT2D eigenvalue weighted by molar-refractivity contribution is 6.07. The maximum Gasteiger partial charge on any atom is 0.186 e. The van der Waals surface area contributed by atoms with Crippen molar-refractivity contribution >= 4 is 22.5 Å². The van der Waals surface area contributed by atoms with Gasteiger partial charge in [-0.15, -0.1) is 0 Å². The zero-order chi connectivity index (χ0) is 20.5. The lowest BCUT2D eigenvalue weighted by molar-refractivity contribution is -0.127. The van der Waals surface area contributed by atoms with Gasteiger partial charge in [-0.3, -0.25) is 14.3 Å². The minimum Gasteiger partial charge on any atom is -0.497 e. The first-order chi connectivity index (χ1) is 13.2. The van der Waals surface area contributed by atoms with Gasteiger partial charge in [0.05, 0.1) is 12.6 Å². The van der Waals surface area contributed by atoms with Gasteiger partial charge in [0.25, 0.3) is 0 Å². The van der Waals surface area contributed by atoms with Crippen molar-refractivity contribution in [1.29, 1.82) is 0 Å². The quantitative estimate of drug-likeness (QED) is 0.767. The number of aliphatic hydroxyl groups excluding tert-OH is 1. The summed E-state index contributed by atoms with van der Waals surface area (Å²) in [6.45, 7) is 5.96. The van der Waals surface area contributed by atoms with Gasteiger partial charge in [-0.25, -0.2) is 0 Å². The molecule has 1 fully saturated rings. The summed E-state index contributed by atoms with van der Waals surface area (Å²) in [5, 5.41) is 14.7. The Bertz CT molecular complexity index is 871. The van der Waals surface area contributed by atoms with Crippen LogP contribution in [0.1, 0.15) is 56.9 Å². The molecule has 0 bridgehead atoms. The highest BCUT2D eigenvalue weighted by Crippen LogP contribution is 2.33. The number of ether oxygens (including phenoxy) is 1. The van der Waals surface area contributed by atoms with Crippen molar-refractivity contribution in [2.75, 3.05) is 13.7 Å². The second-order valence-corrected chi connectivity index (χ2v) is 8.83. The second-order valence-electron chi connectivity index (χ2n) is 8.83. The molecule has 6 heteroatoms. The van der Waals surface area contributed by atoms with E-state index in [1.807, 2.05) is 39.0 Å². The van der Waals surface area contributed by atoms with E-state index in [1.165, 1.54) is 0 Å². The van der Waals surface area contributed by atoms with Gasteiger partial charge in [0, 0.05) is 29.4 Å². The van der Waals surface area contributed by atoms with Crippen molar-refractivity contribution in [3.8, 4) is 5.75 Å². The minimum atomic E-state index is -0.482. The SMILES string of the molecule is COc1ccc2c(C(=O)C3CCC(CO)CC3)nn(CC(=O)C(C)(C)C)c2c1. The van der Waals surface area contributed by atoms with Crippen LogP contribution in [0.3, 0.4) is 0 Å². The Labute approximate surface area is 165 Å². The number of fused-ring (bicyclic) bond motifs is 1. The van der Waals surface area contributed by atoms with E-state index in [4.69, 9.17) is 4.74 Å². The van der Waals surface area contributed by atoms with E-state index in [0.717, 1.165) is 36.6 Å². The van der Waals surface area contributed by atoms with Crippen molar-refractivity contribution in [3.63, 3.8) is 0 Å². The molecule has 152 valence electrons. The van der Waals surface area contributed by atoms with Crippen molar-refractivity contribution in [2.45, 2.75) is 53.0 Å². The molecule has 1 aromatic heterocycles. The lowest BCUT2D eigenvalue weighted by Crippen LogP contribution is -2.26. The molecule has 1 N–H and O–H groups in total. The molecular formula is C22H30N2O4. The van der Waals surface area contributed by atoms with Gasteiger partial charge in [-0.2, -0.15) is 5.10 Å². The molecule has 1 heterocycles. The summed E-state index contributed by atoms with van der Waals surface area (Å²) in [5.41, 5.74) is 0.695. The smallest absolute Gasteiger partial charge is 0.186 e. The minimum absolute atomic E-state index is 0.0357. The van der Waals surface area contributed by atoms with Crippen LogP contribution in [0.25, 0.3) is 10.9 Å². The zero-order valence-corrected chi connectivity index (χ0v) is 17.2. The van der Waals surface area contributed by atoms with Gasteiger partial charge < -0.3 is 9.84 Å². The maximum absolute atomic E-state index is 13.2. The van der Waals surface area contributed by atoms with Crippen LogP contribution in [0.5, 0.6) is 5.75 Å². The predicted octanol–water partition coefficient (Wildman–Crippen LogP) is 3.64. The average molecular weight is 386 g/mol. The van der Waals surface area contributed by atoms with Crippen LogP contribution < -0.4 is 4.74 Å². The van der Waals surface area contributed by atoms with Crippen molar-refractivity contribution < 1.29 is 19.4 Å². The summed E-state index contributed by atoms with van der Waals surface area (Å²) in [4.78, 5) is 25.8. The molecule has 1 aliphatic rings. The fourth-order valence-electron chi connectivity index (χ4n) is 3.76. The number of carbonyl (C=O) groups excluding carboxylic acids is 2. The van der Waals surface area contributed by atoms with Gasteiger partial charge in [-0.05, 0) is 43.7 Å². The molecule has 0 atom stereocenters. The summed E-state index contributed by atoms with van der Waals surface area (Å²) in [5.74, 6) is 0.983. The molecule has 28 heavy (non-hydrogen) atoms. The van der Waals surface area contributed by atoms with E-state index >= 15 is 0 Å². The van der Waals surface area contributed by atoms with Crippen LogP contribution in [0, 0.1) is 17.3 Å². The van der Waals surface area contributed by atoms with Gasteiger partial charge >= 0.3 is 0 Å². The van der Waals surface area contributed by atoms with Crippen LogP contribution in [0.4, 0.5) is 0 Å². The molecule has 2 aromatic rings. The first kappa shape index (κ1) is 20.5. The number of hydrogen-bond donors (Lipinski definition) is 1. The molecule has 6 nitrogen and oxygen atoms in total. The fraction of sp³-hybridized carbons (Fsp3) is 0.591. The van der Waals surface area contributed by atoms with E-state index in [1.54, 1.807) is 11.8 Å². The Morgan fingerprint density at radius 3 is 2.46 bits per heavy atom. The van der Waals surface area contributed by atoms with Crippen LogP contribution in [-0.4, -0.2) is 40.2 Å². The average Bonchev–Trinajstić information content (AvgIpc) is 3.04. The Morgan fingerprint density at radius 2 is 1.89 bits per heavy atom. The van der Waals surface area contributed by atoms with Gasteiger partial charge in [0.15, 0.2) is 11.6 Å². The molecule has 1 aromatic carbocycles. The molecule has 0 spiro atoms. The largest absolute Gasteiger partial charge is 0.497 e. The molecule has 0 unspecified atom stereocenters. The van der Waals surface area contributed by atoms with Crippen molar-refractivity contribution in [1.82, 2.24) is 9.78 Å². The normalized spacial score (nSPS) is 20.3. The first-order valence-corrected chi connectivity index (χ1v) is 9.97. The van der Waals surface area contributed by atoms with Crippen LogP contribution >= 0.6 is 0 Å². The van der Waals surface area contributed by atoms with Gasteiger partial charge in [-0.1, -0.05) is 20.8 Å². The summed E-state index contributed by atoms with van der Waals surface area (Å²) in [6.07, 6.45) is 3.27. The molecule has 0 saturated heterocycles. The third-order valence-corrected chi connectivity index (χ3v) is 5.80. The number of benzene rings is 1. The highest BCUT2D eigenvalue weighted by atomic mass is 16.5. The molecule has 1 saturated carbocycles. The summed E-state index contributed by atoms with van der Waals surface area (Å²) < 4.78 is 6.96. The number of rotatable bonds is 6. The van der Waals surface area contributed by atoms with Crippen molar-refractivity contribution in [2.24, 2.45) is 17.3 Å². The third kappa shape index (κ3) is 4.12. The standard InChI is InChI=1S/C22H30N2O4/c1-22(2,3)19(26)12-24-18-11-16(28-4)9-10-17(18)20(23-24)21(27)15-7-5-14(13-25)6-8-15/h9-11,14-15,25H,5-8,12-13H2,1-4H3. The highest BCUT2D eigenvalue weighted by Gasteiger charge is 2.30. The topological polar surface area (TPSA) is 81.4 Å². The molecule has 0 amide bonds. The van der Waals surface area contributed by atoms with Crippen LogP contribution in [0.2, 0.25) is 0 Å². The Morgan fingerprint density at radius 1 is 1.21 bits per heavy atom. The lowest BCUT2D eigenvalue weighted by atomic mass is 9.79. The molecule has 0 radical (unpaired) electrons. The maximum atomic E-state index is 13.2. The Balaban J connectivity index is 1.96. The number of aromatic nitrogens is 2. The van der Waals surface area contributed by atoms with E-state index in [-0.39, 0.29) is 30.6 Å². The summed E-state index contributed by atoms with van der Waals surface area (Å²) >= 11 is 0. The van der Waals surface area contributed by atoms with Crippen molar-refractivity contribution in [3.05, 3.63) is 23.9 Å². The number of ketones is 2. The number of carbonyl (C=O) groups is 2. The Hall–Kier alpha value is -2.21. The number of aliphatic hydroxyl groups is 1. The third-order valence-electron chi connectivity index (χ3n) is 5.80. The lowest BCUT2D eigenvalue weighted by Gasteiger charge is -2.25. The van der Waals surface area contributed by atoms with E-state index in [0.29, 0.717) is 17.4 Å². The van der Waals surface area contributed by atoms with Gasteiger partial charge in [0.2, 0.25) is 0 Å². The number of methoxy groups -OCH3 is 1. The summed E-state index contributed by atoms with van der Waals surface area (Å²) in [6, 6.07) is 5.50. The van der Waals surface area contributed by atoms with E-state index in [2.05, 4.69) is 5.10 Å². The number of Topliss-reactive ketones (excluding diaryl/α,β-unsaturated/α-hetero) is 2. The molecular weight excluding hydrogens is 356 g/mol. The number of nitrogens with zero attached hydrogens (tertiary/aromatic N) is 2. The monoisotopic (exact) mass is 386 g/mol.